The minimum absolute atomic E-state index is 0.126. The molecule has 0 radical (unpaired) electrons. The molecule has 598 valence electrons. The molecule has 22 aromatic rings. The van der Waals surface area contributed by atoms with Gasteiger partial charge < -0.3 is 4.57 Å². The summed E-state index contributed by atoms with van der Waals surface area (Å²) < 4.78 is 2.41. The Morgan fingerprint density at radius 2 is 0.433 bits per heavy atom. The fourth-order valence-electron chi connectivity index (χ4n) is 22.9. The maximum absolute atomic E-state index is 5.72. The lowest BCUT2D eigenvalue weighted by Crippen LogP contribution is -2.14. The Labute approximate surface area is 737 Å². The zero-order chi connectivity index (χ0) is 84.8. The fraction of sp³-hybridized carbons (Fsp3) is 0.0984. The highest BCUT2D eigenvalue weighted by molar-refractivity contribution is 6.26. The summed E-state index contributed by atoms with van der Waals surface area (Å²) in [5.41, 5.74) is 45.4. The second kappa shape index (κ2) is 26.6. The highest BCUT2D eigenvalue weighted by Crippen LogP contribution is 2.56. The molecule has 4 aliphatic carbocycles. The molecule has 0 aliphatic heterocycles. The van der Waals surface area contributed by atoms with Crippen molar-refractivity contribution >= 4 is 87.0 Å². The van der Waals surface area contributed by atoms with Gasteiger partial charge in [-0.15, -0.1) is 0 Å². The number of fused-ring (bicyclic) bond motifs is 27. The van der Waals surface area contributed by atoms with Crippen molar-refractivity contribution in [3.05, 3.63) is 415 Å². The predicted octanol–water partition coefficient (Wildman–Crippen LogP) is 31.8. The van der Waals surface area contributed by atoms with E-state index in [1.54, 1.807) is 0 Å². The van der Waals surface area contributed by atoms with Crippen molar-refractivity contribution in [3.8, 4) is 139 Å². The van der Waals surface area contributed by atoms with Gasteiger partial charge in [0.25, 0.3) is 0 Å². The highest BCUT2D eigenvalue weighted by Gasteiger charge is 2.40. The lowest BCUT2D eigenvalue weighted by molar-refractivity contribution is 0.660. The van der Waals surface area contributed by atoms with E-state index in [1.807, 2.05) is 12.4 Å². The van der Waals surface area contributed by atoms with Crippen LogP contribution in [0.5, 0.6) is 0 Å². The van der Waals surface area contributed by atoms with E-state index in [0.717, 1.165) is 137 Å². The fourth-order valence-corrected chi connectivity index (χ4v) is 22.9. The number of nitrogens with zero attached hydrogens (tertiary/aromatic N) is 5. The molecule has 3 aromatic heterocycles. The van der Waals surface area contributed by atoms with Gasteiger partial charge in [0.15, 0.2) is 0 Å². The molecule has 0 amide bonds. The van der Waals surface area contributed by atoms with Crippen LogP contribution in [0.15, 0.2) is 370 Å². The number of hydrogen-bond acceptors (Lipinski definition) is 4. The van der Waals surface area contributed by atoms with E-state index < -0.39 is 0 Å². The van der Waals surface area contributed by atoms with E-state index in [-0.39, 0.29) is 21.7 Å². The normalized spacial score (nSPS) is 14.4. The molecule has 5 heteroatoms. The summed E-state index contributed by atoms with van der Waals surface area (Å²) in [5.74, 6) is 0. The molecule has 5 nitrogen and oxygen atoms in total. The largest absolute Gasteiger partial charge is 0.309 e. The van der Waals surface area contributed by atoms with Crippen molar-refractivity contribution < 1.29 is 0 Å². The second-order valence-corrected chi connectivity index (χ2v) is 38.0. The summed E-state index contributed by atoms with van der Waals surface area (Å²) in [6, 6.07) is 134. The van der Waals surface area contributed by atoms with Crippen LogP contribution in [0.4, 0.5) is 0 Å². The van der Waals surface area contributed by atoms with Crippen molar-refractivity contribution in [1.29, 1.82) is 0 Å². The molecule has 0 unspecified atom stereocenters. The third kappa shape index (κ3) is 10.8. The van der Waals surface area contributed by atoms with Gasteiger partial charge in [-0.25, -0.2) is 9.97 Å². The molecule has 4 aliphatic rings. The van der Waals surface area contributed by atoms with Crippen LogP contribution < -0.4 is 0 Å². The molecule has 0 atom stereocenters. The third-order valence-electron chi connectivity index (χ3n) is 29.7. The lowest BCUT2D eigenvalue weighted by Gasteiger charge is -2.22. The van der Waals surface area contributed by atoms with Gasteiger partial charge in [-0.05, 0) is 274 Å². The molecule has 19 aromatic carbocycles. The molecule has 3 heterocycles. The van der Waals surface area contributed by atoms with Crippen molar-refractivity contribution in [2.75, 3.05) is 0 Å². The predicted molar refractivity (Wildman–Crippen MR) is 531 cm³/mol. The molecule has 0 saturated heterocycles. The van der Waals surface area contributed by atoms with Crippen molar-refractivity contribution in [1.82, 2.24) is 24.5 Å². The Morgan fingerprint density at radius 3 is 0.764 bits per heavy atom. The first-order chi connectivity index (χ1) is 61.9. The maximum Gasteiger partial charge on any atom is 0.0979 e. The average Bonchev–Trinajstić information content (AvgIpc) is 1.72. The van der Waals surface area contributed by atoms with Gasteiger partial charge in [0.1, 0.15) is 0 Å². The first-order valence-electron chi connectivity index (χ1n) is 44.6. The van der Waals surface area contributed by atoms with E-state index in [4.69, 9.17) is 19.9 Å². The van der Waals surface area contributed by atoms with E-state index in [1.165, 1.54) is 134 Å². The Bertz CT molecular complexity index is 8160. The second-order valence-electron chi connectivity index (χ2n) is 38.0. The van der Waals surface area contributed by atoms with Crippen LogP contribution in [0.3, 0.4) is 0 Å². The van der Waals surface area contributed by atoms with Crippen LogP contribution in [0.25, 0.3) is 226 Å². The van der Waals surface area contributed by atoms with Gasteiger partial charge in [-0.3, -0.25) is 9.97 Å². The summed E-state index contributed by atoms with van der Waals surface area (Å²) >= 11 is 0. The van der Waals surface area contributed by atoms with Gasteiger partial charge in [-0.1, -0.05) is 316 Å². The van der Waals surface area contributed by atoms with Gasteiger partial charge in [0, 0.05) is 70.8 Å². The maximum atomic E-state index is 5.72. The van der Waals surface area contributed by atoms with Crippen LogP contribution in [-0.4, -0.2) is 24.5 Å². The summed E-state index contributed by atoms with van der Waals surface area (Å²) in [5, 5.41) is 11.2. The molecule has 127 heavy (non-hydrogen) atoms. The van der Waals surface area contributed by atoms with Gasteiger partial charge in [0.2, 0.25) is 0 Å². The average molecular weight is 1620 g/mol. The number of benzene rings is 19. The summed E-state index contributed by atoms with van der Waals surface area (Å²) in [4.78, 5) is 22.3. The highest BCUT2D eigenvalue weighted by atomic mass is 15.0. The van der Waals surface area contributed by atoms with E-state index in [0.29, 0.717) is 0 Å². The Kier molecular flexibility index (Phi) is 15.4. The third-order valence-corrected chi connectivity index (χ3v) is 29.7. The number of rotatable bonds is 9. The van der Waals surface area contributed by atoms with Crippen LogP contribution in [0, 0.1) is 0 Å². The number of aromatic nitrogens is 5. The topological polar surface area (TPSA) is 56.5 Å². The monoisotopic (exact) mass is 1620 g/mol. The van der Waals surface area contributed by atoms with Crippen LogP contribution in [0.2, 0.25) is 0 Å². The van der Waals surface area contributed by atoms with Crippen LogP contribution in [0.1, 0.15) is 99.9 Å². The standard InChI is InChI=1S/C122H85N5/c1-119(2)103-32-16-12-28-85(103)89-46-36-78(64-107(89)119)72-40-50-93-97(58-72)99-60-74(80-38-48-91-87-30-14-18-34-105(87)121(5,6)109(91)66-80)42-52-95(99)117-115(93)123-68-111(125-117)82-24-20-22-70(56-82)76-44-54-113-101(62-76)102-63-77(45-55-114(102)127(113)84-26-10-9-11-27-84)71-23-21-25-83(57-71)112-69-124-116-94-51-41-73(79-37-47-90-86-29-13-17-33-104(86)120(3,4)108(90)65-79)59-98(94)100-61-75(43-53-96(100)118(116)126-112)81-39-49-92-88-31-15-19-35-106(88)122(7,8)110(92)67-81/h9-69H,1-8H3. The summed E-state index contributed by atoms with van der Waals surface area (Å²) in [6.45, 7) is 18.9. The first kappa shape index (κ1) is 73.3. The number of para-hydroxylation sites is 1. The smallest absolute Gasteiger partial charge is 0.0979 e. The van der Waals surface area contributed by atoms with E-state index in [2.05, 4.69) is 418 Å². The van der Waals surface area contributed by atoms with Crippen molar-refractivity contribution in [3.63, 3.8) is 0 Å². The van der Waals surface area contributed by atoms with Crippen molar-refractivity contribution in [2.24, 2.45) is 0 Å². The molecule has 0 saturated carbocycles. The molecular weight excluding hydrogens is 1540 g/mol. The molecule has 0 N–H and O–H groups in total. The molecule has 0 bridgehead atoms. The molecule has 26 rings (SSSR count). The minimum Gasteiger partial charge on any atom is -0.309 e. The summed E-state index contributed by atoms with van der Waals surface area (Å²) in [7, 11) is 0. The first-order valence-corrected chi connectivity index (χ1v) is 44.6. The minimum atomic E-state index is -0.134. The Hall–Kier alpha value is -15.3. The summed E-state index contributed by atoms with van der Waals surface area (Å²) in [6.07, 6.45) is 3.97. The van der Waals surface area contributed by atoms with Crippen LogP contribution >= 0.6 is 0 Å². The van der Waals surface area contributed by atoms with Crippen LogP contribution in [-0.2, 0) is 21.7 Å². The van der Waals surface area contributed by atoms with Gasteiger partial charge >= 0.3 is 0 Å². The Morgan fingerprint density at radius 1 is 0.181 bits per heavy atom. The zero-order valence-electron chi connectivity index (χ0n) is 72.0. The van der Waals surface area contributed by atoms with E-state index >= 15 is 0 Å². The molecule has 0 spiro atoms. The van der Waals surface area contributed by atoms with Gasteiger partial charge in [0.05, 0.1) is 56.9 Å². The quantitative estimate of drug-likeness (QED) is 0.135. The van der Waals surface area contributed by atoms with Gasteiger partial charge in [-0.2, -0.15) is 0 Å². The molecule has 0 fully saturated rings. The zero-order valence-corrected chi connectivity index (χ0v) is 72.0. The van der Waals surface area contributed by atoms with Crippen molar-refractivity contribution in [2.45, 2.75) is 77.0 Å². The van der Waals surface area contributed by atoms with E-state index in [9.17, 15) is 0 Å². The molecular formula is C122H85N5. The number of hydrogen-bond donors (Lipinski definition) is 0. The SMILES string of the molecule is CC1(C)c2ccccc2-c2ccc(-c3ccc4c(c3)c3cc(-c5ccc6c(c5)C(C)(C)c5ccccc5-6)ccc3c3nc(-c5cccc(-c6ccc7c(c6)c6cc(-c8cccc(-c9cnc%10c%11ccc(-c%12ccc%13c(c%12)C(C)(C)c%12ccccc%12-%13)cc%11c%11cc(-c%12ccc%13c(c%12)C(C)(C)c%12ccccc%12-%13)ccc%11c%10n9)c8)ccc6n7-c6ccccc6)c5)cnc43)cc21. The Balaban J connectivity index is 0.571. The lowest BCUT2D eigenvalue weighted by atomic mass is 9.81.